The molecule has 95 heavy (non-hydrogen) atoms. The van der Waals surface area contributed by atoms with E-state index in [1.165, 1.54) is 26.0 Å². The Bertz CT molecular complexity index is 3820. The summed E-state index contributed by atoms with van der Waals surface area (Å²) < 4.78 is 47.4. The number of fused-ring (bicyclic) bond motifs is 8. The highest BCUT2D eigenvalue weighted by atomic mass is 16.6. The third-order valence-electron chi connectivity index (χ3n) is 16.7. The Labute approximate surface area is 551 Å². The highest BCUT2D eigenvalue weighted by Gasteiger charge is 2.43. The maximum Gasteiger partial charge on any atom is 0.414 e. The molecule has 6 amide bonds. The van der Waals surface area contributed by atoms with Gasteiger partial charge in [0.05, 0.1) is 88.4 Å². The first-order chi connectivity index (χ1) is 46.0. The second-order valence-electron chi connectivity index (χ2n) is 23.8. The lowest BCUT2D eigenvalue weighted by molar-refractivity contribution is -0.137. The number of unbranched alkanes of at least 4 members (excludes halogenated alkanes) is 1. The number of nitrogens with zero attached hydrogens (tertiary/aromatic N) is 4. The quantitative estimate of drug-likeness (QED) is 0.0254. The number of anilines is 5. The minimum Gasteiger partial charge on any atom is -0.493 e. The van der Waals surface area contributed by atoms with Crippen LogP contribution in [0.5, 0.6) is 23.0 Å². The molecule has 6 aromatic carbocycles. The van der Waals surface area contributed by atoms with Crippen molar-refractivity contribution in [2.45, 2.75) is 103 Å². The van der Waals surface area contributed by atoms with E-state index < -0.39 is 47.9 Å². The van der Waals surface area contributed by atoms with Crippen molar-refractivity contribution in [1.29, 1.82) is 0 Å². The number of carboxylic acid groups (broad SMARTS) is 1. The van der Waals surface area contributed by atoms with E-state index in [4.69, 9.17) is 48.0 Å². The Kier molecular flexibility index (Phi) is 22.7. The molecule has 24 nitrogen and oxygen atoms in total. The summed E-state index contributed by atoms with van der Waals surface area (Å²) in [5.41, 5.74) is 8.12. The van der Waals surface area contributed by atoms with Gasteiger partial charge in [0.25, 0.3) is 11.8 Å². The SMILES string of the molecule is COCCOCCOCCNc1cc(COc2cc3c(cc2OC)C(=O)N2c4ccccc4C[C@H]2C=N3)cc(COc2cc3c(cc2OC)C(=O)N2c4ccccc4C[C@H]2CN3C(=O)OCc2ccc(NC(=O)[C@H](C)NC(=O)[C@@H](NC(=O)CCCCC(=O)O)C(C)C)cc2)c1. The van der Waals surface area contributed by atoms with Gasteiger partial charge in [-0.1, -0.05) is 62.4 Å². The Balaban J connectivity index is 0.842. The molecule has 0 spiro atoms. The monoisotopic (exact) mass is 1300 g/mol. The Morgan fingerprint density at radius 3 is 1.91 bits per heavy atom. The number of ether oxygens (including phenoxy) is 8. The number of aliphatic carboxylic acids is 1. The van der Waals surface area contributed by atoms with Gasteiger partial charge in [0.1, 0.15) is 31.9 Å². The first kappa shape index (κ1) is 67.8. The number of hydrogen-bond donors (Lipinski definition) is 5. The van der Waals surface area contributed by atoms with Crippen LogP contribution in [0.15, 0.2) is 120 Å². The highest BCUT2D eigenvalue weighted by Crippen LogP contribution is 2.44. The molecule has 0 radical (unpaired) electrons. The molecule has 0 aromatic heterocycles. The normalized spacial score (nSPS) is 15.6. The van der Waals surface area contributed by atoms with E-state index in [0.717, 1.165) is 39.3 Å². The van der Waals surface area contributed by atoms with Crippen LogP contribution < -0.4 is 54.9 Å². The van der Waals surface area contributed by atoms with Crippen LogP contribution in [0.25, 0.3) is 0 Å². The van der Waals surface area contributed by atoms with Crippen LogP contribution in [0.4, 0.5) is 38.9 Å². The molecule has 0 fully saturated rings. The van der Waals surface area contributed by atoms with Gasteiger partial charge in [-0.25, -0.2) is 4.79 Å². The molecule has 4 atom stereocenters. The van der Waals surface area contributed by atoms with Crippen molar-refractivity contribution >= 4 is 81.9 Å². The third-order valence-corrected chi connectivity index (χ3v) is 16.7. The van der Waals surface area contributed by atoms with Crippen molar-refractivity contribution in [1.82, 2.24) is 10.6 Å². The lowest BCUT2D eigenvalue weighted by Gasteiger charge is -2.26. The Hall–Kier alpha value is -10.0. The van der Waals surface area contributed by atoms with Gasteiger partial charge < -0.3 is 69.2 Å². The number of hydrogen-bond acceptors (Lipinski definition) is 17. The lowest BCUT2D eigenvalue weighted by Crippen LogP contribution is -2.53. The molecule has 0 saturated carbocycles. The van der Waals surface area contributed by atoms with E-state index in [9.17, 15) is 33.6 Å². The summed E-state index contributed by atoms with van der Waals surface area (Å²) >= 11 is 0. The van der Waals surface area contributed by atoms with E-state index in [-0.39, 0.29) is 85.7 Å². The molecular formula is C71H80N8O16. The largest absolute Gasteiger partial charge is 0.493 e. The number of carbonyl (C=O) groups excluding carboxylic acids is 6. The third kappa shape index (κ3) is 16.7. The van der Waals surface area contributed by atoms with Crippen LogP contribution in [-0.4, -0.2) is 145 Å². The summed E-state index contributed by atoms with van der Waals surface area (Å²) in [6.07, 6.45) is 2.89. The molecule has 0 saturated heterocycles. The van der Waals surface area contributed by atoms with Gasteiger partial charge in [0.2, 0.25) is 17.7 Å². The fourth-order valence-electron chi connectivity index (χ4n) is 11.9. The second-order valence-corrected chi connectivity index (χ2v) is 23.8. The standard InChI is InChI=1S/C71H80N8O16/c1-43(2)66(76-64(80)17-11-12-18-65(81)82)68(84)74-44(3)67(83)75-50-21-19-45(20-22-50)40-95-71(87)77-39-53-33-49-14-8-10-16-58(49)79(53)70(86)55-35-61(90-6)63(37-59(55)77)94-42-47-29-46(30-51(31-47)72-23-24-91-27-28-92-26-25-88-4)41-93-62-36-56-54(34-60(62)89-5)69(85)78-52(38-73-56)32-48-13-7-9-15-57(48)78/h7-10,13-16,19-22,29-31,34-38,43-44,52-53,66,72H,11-12,17-18,23-28,32-33,39-42H2,1-6H3,(H,74,84)(H,75,83)(H,76,80)(H,81,82)/t44-,52-,53-,66-/m0/s1. The number of amides is 6. The molecule has 4 aliphatic rings. The first-order valence-electron chi connectivity index (χ1n) is 31.7. The number of rotatable bonds is 31. The van der Waals surface area contributed by atoms with Gasteiger partial charge in [-0.3, -0.25) is 43.6 Å². The van der Waals surface area contributed by atoms with E-state index in [1.54, 1.807) is 85.5 Å². The first-order valence-corrected chi connectivity index (χ1v) is 31.7. The summed E-state index contributed by atoms with van der Waals surface area (Å²) in [5.74, 6) is -2.01. The van der Waals surface area contributed by atoms with Crippen molar-refractivity contribution in [3.8, 4) is 23.0 Å². The molecule has 0 unspecified atom stereocenters. The Morgan fingerprint density at radius 2 is 1.23 bits per heavy atom. The molecular weight excluding hydrogens is 1220 g/mol. The molecule has 4 aliphatic heterocycles. The van der Waals surface area contributed by atoms with Crippen LogP contribution in [0.1, 0.15) is 95.0 Å². The number of carbonyl (C=O) groups is 7. The summed E-state index contributed by atoms with van der Waals surface area (Å²) in [5, 5.41) is 20.5. The minimum atomic E-state index is -0.992. The average Bonchev–Trinajstić information content (AvgIpc) is 1.63. The van der Waals surface area contributed by atoms with Gasteiger partial charge in [-0.15, -0.1) is 0 Å². The molecule has 5 N–H and O–H groups in total. The summed E-state index contributed by atoms with van der Waals surface area (Å²) in [6, 6.07) is 32.0. The lowest BCUT2D eigenvalue weighted by atomic mass is 10.0. The summed E-state index contributed by atoms with van der Waals surface area (Å²) in [6.45, 7) is 7.61. The van der Waals surface area contributed by atoms with E-state index >= 15 is 0 Å². The summed E-state index contributed by atoms with van der Waals surface area (Å²) in [4.78, 5) is 104. The zero-order valence-electron chi connectivity index (χ0n) is 54.1. The number of nitrogens with one attached hydrogen (secondary N) is 4. The second kappa shape index (κ2) is 31.7. The van der Waals surface area contributed by atoms with Gasteiger partial charge >= 0.3 is 12.1 Å². The van der Waals surface area contributed by atoms with Crippen molar-refractivity contribution < 1.29 is 76.6 Å². The zero-order chi connectivity index (χ0) is 67.1. The van der Waals surface area contributed by atoms with E-state index in [0.29, 0.717) is 99.3 Å². The number of methoxy groups -OCH3 is 3. The highest BCUT2D eigenvalue weighted by molar-refractivity contribution is 6.16. The van der Waals surface area contributed by atoms with Crippen molar-refractivity contribution in [3.05, 3.63) is 154 Å². The topological polar surface area (TPSA) is 284 Å². The summed E-state index contributed by atoms with van der Waals surface area (Å²) in [7, 11) is 4.62. The van der Waals surface area contributed by atoms with Crippen molar-refractivity contribution in [3.63, 3.8) is 0 Å². The van der Waals surface area contributed by atoms with Crippen LogP contribution >= 0.6 is 0 Å². The molecule has 0 bridgehead atoms. The number of carboxylic acids is 1. The minimum absolute atomic E-state index is 0.00451. The van der Waals surface area contributed by atoms with Crippen LogP contribution in [0, 0.1) is 5.92 Å². The van der Waals surface area contributed by atoms with E-state index in [2.05, 4.69) is 21.3 Å². The smallest absolute Gasteiger partial charge is 0.414 e. The van der Waals surface area contributed by atoms with Crippen molar-refractivity contribution in [2.24, 2.45) is 10.9 Å². The predicted molar refractivity (Wildman–Crippen MR) is 356 cm³/mol. The van der Waals surface area contributed by atoms with Gasteiger partial charge in [0, 0.05) is 74.0 Å². The van der Waals surface area contributed by atoms with Gasteiger partial charge in [-0.2, -0.15) is 0 Å². The maximum atomic E-state index is 14.9. The van der Waals surface area contributed by atoms with Gasteiger partial charge in [-0.05, 0) is 115 Å². The fourth-order valence-corrected chi connectivity index (χ4v) is 11.9. The van der Waals surface area contributed by atoms with Crippen LogP contribution in [0.3, 0.4) is 0 Å². The number of para-hydroxylation sites is 2. The average molecular weight is 1300 g/mol. The number of aliphatic imine (C=N–C) groups is 1. The maximum absolute atomic E-state index is 14.9. The molecule has 10 rings (SSSR count). The number of benzene rings is 6. The zero-order valence-corrected chi connectivity index (χ0v) is 54.1. The van der Waals surface area contributed by atoms with Crippen LogP contribution in [0.2, 0.25) is 0 Å². The van der Waals surface area contributed by atoms with Crippen molar-refractivity contribution in [2.75, 3.05) is 92.8 Å². The van der Waals surface area contributed by atoms with Gasteiger partial charge in [0.15, 0.2) is 23.0 Å². The van der Waals surface area contributed by atoms with Crippen LogP contribution in [-0.2, 0) is 70.8 Å². The predicted octanol–water partition coefficient (Wildman–Crippen LogP) is 9.20. The molecule has 24 heteroatoms. The fraction of sp³-hybridized carbons (Fsp3) is 0.380. The van der Waals surface area contributed by atoms with E-state index in [1.807, 2.05) is 66.7 Å². The Morgan fingerprint density at radius 1 is 0.611 bits per heavy atom. The molecule has 4 heterocycles. The molecule has 0 aliphatic carbocycles. The molecule has 6 aromatic rings. The molecule has 500 valence electrons.